The third-order valence-electron chi connectivity index (χ3n) is 1.39. The van der Waals surface area contributed by atoms with Crippen LogP contribution in [0.25, 0.3) is 0 Å². The fourth-order valence-corrected chi connectivity index (χ4v) is 0.884. The van der Waals surface area contributed by atoms with Crippen LogP contribution in [0.1, 0.15) is 6.92 Å². The summed E-state index contributed by atoms with van der Waals surface area (Å²) in [5, 5.41) is 1.72. The maximum atomic E-state index is 11.0. The number of ether oxygens (including phenoxy) is 1. The molecule has 0 fully saturated rings. The fraction of sp³-hybridized carbons (Fsp3) is 0.571. The smallest absolute Gasteiger partial charge is 0.328 e. The molecule has 4 heteroatoms. The van der Waals surface area contributed by atoms with Gasteiger partial charge in [-0.05, 0) is 13.0 Å². The molecule has 0 bridgehead atoms. The predicted molar refractivity (Wildman–Crippen MR) is 40.5 cm³/mol. The van der Waals surface area contributed by atoms with Crippen LogP contribution in [0.3, 0.4) is 0 Å². The number of carbonyl (C=O) groups excluding carboxylic acids is 1. The number of nitrogens with one attached hydrogen (secondary N) is 1. The van der Waals surface area contributed by atoms with Gasteiger partial charge in [-0.3, -0.25) is 0 Å². The molecule has 1 rings (SSSR count). The van der Waals surface area contributed by atoms with Gasteiger partial charge in [0, 0.05) is 13.2 Å². The summed E-state index contributed by atoms with van der Waals surface area (Å²) in [5.74, 6) is -0.229. The topological polar surface area (TPSA) is 41.6 Å². The van der Waals surface area contributed by atoms with E-state index in [2.05, 4.69) is 5.43 Å². The summed E-state index contributed by atoms with van der Waals surface area (Å²) < 4.78 is 4.79. The van der Waals surface area contributed by atoms with Gasteiger partial charge < -0.3 is 9.75 Å². The molecule has 1 aliphatic rings. The van der Waals surface area contributed by atoms with Crippen LogP contribution in [-0.2, 0) is 9.53 Å². The molecule has 0 aromatic heterocycles. The number of hydrogen-bond acceptors (Lipinski definition) is 4. The second-order valence-electron chi connectivity index (χ2n) is 2.31. The zero-order valence-corrected chi connectivity index (χ0v) is 6.70. The van der Waals surface area contributed by atoms with Gasteiger partial charge in [0.05, 0.1) is 6.61 Å². The quantitative estimate of drug-likeness (QED) is 0.566. The molecule has 0 aromatic rings. The number of esters is 1. The molecule has 1 N–H and O–H groups in total. The summed E-state index contributed by atoms with van der Waals surface area (Å²) in [6.45, 7) is 2.22. The fourth-order valence-electron chi connectivity index (χ4n) is 0.884. The highest BCUT2D eigenvalue weighted by Crippen LogP contribution is 2.00. The van der Waals surface area contributed by atoms with Crippen molar-refractivity contribution in [2.45, 2.75) is 13.0 Å². The molecular formula is C7H12N2O2. The largest absolute Gasteiger partial charge is 0.465 e. The van der Waals surface area contributed by atoms with Gasteiger partial charge in [-0.1, -0.05) is 0 Å². The molecule has 1 atom stereocenters. The Morgan fingerprint density at radius 2 is 2.55 bits per heavy atom. The van der Waals surface area contributed by atoms with Crippen molar-refractivity contribution < 1.29 is 9.53 Å². The summed E-state index contributed by atoms with van der Waals surface area (Å²) in [4.78, 5) is 11.0. The molecule has 0 amide bonds. The van der Waals surface area contributed by atoms with E-state index in [1.807, 2.05) is 7.05 Å². The predicted octanol–water partition coefficient (Wildman–Crippen LogP) is -0.118. The maximum Gasteiger partial charge on any atom is 0.328 e. The minimum atomic E-state index is -0.306. The molecule has 1 aliphatic heterocycles. The van der Waals surface area contributed by atoms with E-state index in [1.165, 1.54) is 0 Å². The Balaban J connectivity index is 2.38. The van der Waals surface area contributed by atoms with Crippen molar-refractivity contribution in [1.29, 1.82) is 0 Å². The number of hydrogen-bond donors (Lipinski definition) is 1. The Morgan fingerprint density at radius 3 is 3.00 bits per heavy atom. The molecule has 0 saturated carbocycles. The minimum Gasteiger partial charge on any atom is -0.465 e. The summed E-state index contributed by atoms with van der Waals surface area (Å²) >= 11 is 0. The third kappa shape index (κ3) is 1.94. The van der Waals surface area contributed by atoms with Crippen molar-refractivity contribution in [2.75, 3.05) is 13.7 Å². The molecule has 0 aromatic carbocycles. The second-order valence-corrected chi connectivity index (χ2v) is 2.31. The van der Waals surface area contributed by atoms with Crippen LogP contribution >= 0.6 is 0 Å². The van der Waals surface area contributed by atoms with E-state index in [4.69, 9.17) is 4.74 Å². The molecular weight excluding hydrogens is 144 g/mol. The molecule has 0 aliphatic carbocycles. The number of carbonyl (C=O) groups is 1. The first-order valence-electron chi connectivity index (χ1n) is 3.58. The highest BCUT2D eigenvalue weighted by molar-refractivity contribution is 5.78. The molecule has 62 valence electrons. The minimum absolute atomic E-state index is 0.229. The molecule has 0 unspecified atom stereocenters. The lowest BCUT2D eigenvalue weighted by Crippen LogP contribution is -2.38. The van der Waals surface area contributed by atoms with Crippen LogP contribution in [0.2, 0.25) is 0 Å². The van der Waals surface area contributed by atoms with E-state index in [-0.39, 0.29) is 12.0 Å². The zero-order chi connectivity index (χ0) is 8.27. The van der Waals surface area contributed by atoms with Crippen molar-refractivity contribution in [3.8, 4) is 0 Å². The average molecular weight is 156 g/mol. The molecule has 11 heavy (non-hydrogen) atoms. The van der Waals surface area contributed by atoms with Gasteiger partial charge in [0.1, 0.15) is 6.04 Å². The van der Waals surface area contributed by atoms with E-state index >= 15 is 0 Å². The molecule has 4 nitrogen and oxygen atoms in total. The SMILES string of the molecule is CCOC(=O)[C@H]1C=CN(C)N1. The van der Waals surface area contributed by atoms with Gasteiger partial charge in [0.2, 0.25) is 0 Å². The van der Waals surface area contributed by atoms with Crippen molar-refractivity contribution >= 4 is 5.97 Å². The summed E-state index contributed by atoms with van der Waals surface area (Å²) in [7, 11) is 1.83. The lowest BCUT2D eigenvalue weighted by Gasteiger charge is -2.12. The number of rotatable bonds is 2. The van der Waals surface area contributed by atoms with Crippen LogP contribution in [-0.4, -0.2) is 30.7 Å². The van der Waals surface area contributed by atoms with Crippen molar-refractivity contribution in [1.82, 2.24) is 10.4 Å². The summed E-state index contributed by atoms with van der Waals surface area (Å²) in [5.41, 5.74) is 2.89. The third-order valence-corrected chi connectivity index (χ3v) is 1.39. The van der Waals surface area contributed by atoms with Crippen molar-refractivity contribution in [3.63, 3.8) is 0 Å². The monoisotopic (exact) mass is 156 g/mol. The average Bonchev–Trinajstić information content (AvgIpc) is 2.36. The highest BCUT2D eigenvalue weighted by atomic mass is 16.5. The van der Waals surface area contributed by atoms with E-state index in [1.54, 1.807) is 24.2 Å². The summed E-state index contributed by atoms with van der Waals surface area (Å²) in [6, 6.07) is -0.306. The van der Waals surface area contributed by atoms with E-state index < -0.39 is 0 Å². The van der Waals surface area contributed by atoms with E-state index in [9.17, 15) is 4.79 Å². The van der Waals surface area contributed by atoms with Crippen LogP contribution in [0.4, 0.5) is 0 Å². The van der Waals surface area contributed by atoms with Gasteiger partial charge >= 0.3 is 5.97 Å². The van der Waals surface area contributed by atoms with Crippen LogP contribution in [0.15, 0.2) is 12.3 Å². The lowest BCUT2D eigenvalue weighted by molar-refractivity contribution is -0.144. The van der Waals surface area contributed by atoms with Crippen molar-refractivity contribution in [3.05, 3.63) is 12.3 Å². The van der Waals surface area contributed by atoms with Crippen molar-refractivity contribution in [2.24, 2.45) is 0 Å². The number of hydrazine groups is 1. The molecule has 0 radical (unpaired) electrons. The lowest BCUT2D eigenvalue weighted by atomic mass is 10.3. The van der Waals surface area contributed by atoms with E-state index in [0.29, 0.717) is 6.61 Å². The Labute approximate surface area is 65.8 Å². The molecule has 0 saturated heterocycles. The van der Waals surface area contributed by atoms with Gasteiger partial charge in [0.25, 0.3) is 0 Å². The maximum absolute atomic E-state index is 11.0. The number of nitrogens with zero attached hydrogens (tertiary/aromatic N) is 1. The van der Waals surface area contributed by atoms with Gasteiger partial charge in [-0.15, -0.1) is 0 Å². The van der Waals surface area contributed by atoms with Crippen LogP contribution in [0, 0.1) is 0 Å². The Hall–Kier alpha value is -1.03. The van der Waals surface area contributed by atoms with Crippen LogP contribution in [0.5, 0.6) is 0 Å². The Bertz CT molecular complexity index is 179. The van der Waals surface area contributed by atoms with Crippen LogP contribution < -0.4 is 5.43 Å². The molecule has 1 heterocycles. The van der Waals surface area contributed by atoms with Gasteiger partial charge in [-0.25, -0.2) is 10.2 Å². The first kappa shape index (κ1) is 8.07. The van der Waals surface area contributed by atoms with Gasteiger partial charge in [0.15, 0.2) is 0 Å². The van der Waals surface area contributed by atoms with Gasteiger partial charge in [-0.2, -0.15) is 0 Å². The normalized spacial score (nSPS) is 22.4. The first-order chi connectivity index (χ1) is 5.24. The highest BCUT2D eigenvalue weighted by Gasteiger charge is 2.20. The zero-order valence-electron chi connectivity index (χ0n) is 6.70. The second kappa shape index (κ2) is 3.39. The molecule has 0 spiro atoms. The summed E-state index contributed by atoms with van der Waals surface area (Å²) in [6.07, 6.45) is 3.56. The first-order valence-corrected chi connectivity index (χ1v) is 3.58. The standard InChI is InChI=1S/C7H12N2O2/c1-3-11-7(10)6-4-5-9(2)8-6/h4-6,8H,3H2,1-2H3/t6-/m1/s1. The Kier molecular flexibility index (Phi) is 2.48. The van der Waals surface area contributed by atoms with E-state index in [0.717, 1.165) is 0 Å². The Morgan fingerprint density at radius 1 is 1.82 bits per heavy atom.